The lowest BCUT2D eigenvalue weighted by molar-refractivity contribution is -0.140. The lowest BCUT2D eigenvalue weighted by Gasteiger charge is -2.34. The van der Waals surface area contributed by atoms with E-state index in [1.807, 2.05) is 57.2 Å². The molecule has 236 valence electrons. The minimum absolute atomic E-state index is 0.0374. The van der Waals surface area contributed by atoms with Crippen molar-refractivity contribution in [3.8, 4) is 0 Å². The van der Waals surface area contributed by atoms with Crippen LogP contribution in [-0.2, 0) is 32.6 Å². The van der Waals surface area contributed by atoms with Gasteiger partial charge in [0.05, 0.1) is 10.6 Å². The number of carbonyl (C=O) groups excluding carboxylic acids is 2. The van der Waals surface area contributed by atoms with E-state index in [-0.39, 0.29) is 29.8 Å². The van der Waals surface area contributed by atoms with E-state index in [0.717, 1.165) is 15.4 Å². The van der Waals surface area contributed by atoms with E-state index in [4.69, 9.17) is 23.2 Å². The van der Waals surface area contributed by atoms with Gasteiger partial charge in [0.25, 0.3) is 10.0 Å². The number of amides is 2. The lowest BCUT2D eigenvalue weighted by Crippen LogP contribution is -2.54. The zero-order chi connectivity index (χ0) is 32.6. The number of rotatable bonds is 13. The highest BCUT2D eigenvalue weighted by atomic mass is 35.5. The van der Waals surface area contributed by atoms with Crippen molar-refractivity contribution in [2.24, 2.45) is 0 Å². The summed E-state index contributed by atoms with van der Waals surface area (Å²) in [4.78, 5) is 29.9. The molecule has 0 aliphatic heterocycles. The van der Waals surface area contributed by atoms with Gasteiger partial charge in [-0.25, -0.2) is 8.42 Å². The summed E-state index contributed by atoms with van der Waals surface area (Å²) >= 11 is 13.1. The minimum atomic E-state index is -4.18. The summed E-state index contributed by atoms with van der Waals surface area (Å²) in [6, 6.07) is 28.1. The first kappa shape index (κ1) is 34.0. The van der Waals surface area contributed by atoms with Crippen LogP contribution in [0.3, 0.4) is 0 Å². The Bertz CT molecular complexity index is 1700. The van der Waals surface area contributed by atoms with Gasteiger partial charge >= 0.3 is 0 Å². The molecule has 0 bridgehead atoms. The second-order valence-electron chi connectivity index (χ2n) is 10.9. The van der Waals surface area contributed by atoms with Gasteiger partial charge in [-0.15, -0.1) is 0 Å². The van der Waals surface area contributed by atoms with Crippen LogP contribution < -0.4 is 9.62 Å². The quantitative estimate of drug-likeness (QED) is 0.166. The Morgan fingerprint density at radius 3 is 2.04 bits per heavy atom. The highest BCUT2D eigenvalue weighted by Crippen LogP contribution is 2.29. The first-order chi connectivity index (χ1) is 21.5. The highest BCUT2D eigenvalue weighted by Gasteiger charge is 2.35. The fourth-order valence-electron chi connectivity index (χ4n) is 4.88. The number of hydrogen-bond acceptors (Lipinski definition) is 4. The summed E-state index contributed by atoms with van der Waals surface area (Å²) in [7, 11) is -4.18. The molecule has 0 heterocycles. The zero-order valence-corrected chi connectivity index (χ0v) is 27.8. The molecule has 0 saturated carbocycles. The summed E-state index contributed by atoms with van der Waals surface area (Å²) < 4.78 is 29.3. The summed E-state index contributed by atoms with van der Waals surface area (Å²) in [6.45, 7) is 5.01. The van der Waals surface area contributed by atoms with Gasteiger partial charge in [0.1, 0.15) is 12.6 Å². The fraction of sp³-hybridized carbons (Fsp3) is 0.257. The largest absolute Gasteiger partial charge is 0.352 e. The maximum atomic E-state index is 14.6. The van der Waals surface area contributed by atoms with E-state index in [1.165, 1.54) is 17.0 Å². The number of halogens is 2. The third-order valence-electron chi connectivity index (χ3n) is 7.56. The van der Waals surface area contributed by atoms with E-state index < -0.39 is 28.5 Å². The monoisotopic (exact) mass is 665 g/mol. The van der Waals surface area contributed by atoms with Gasteiger partial charge in [0, 0.05) is 34.6 Å². The Hall–Kier alpha value is -3.85. The van der Waals surface area contributed by atoms with Crippen molar-refractivity contribution in [1.29, 1.82) is 0 Å². The number of carbonyl (C=O) groups is 2. The molecule has 2 atom stereocenters. The first-order valence-electron chi connectivity index (χ1n) is 14.7. The van der Waals surface area contributed by atoms with Gasteiger partial charge in [0.2, 0.25) is 11.8 Å². The van der Waals surface area contributed by atoms with E-state index in [1.54, 1.807) is 54.6 Å². The molecule has 2 amide bonds. The molecule has 0 unspecified atom stereocenters. The SMILES string of the molecule is CC[C@H](C)NC(=O)[C@@H](Cc1ccccc1)N(Cc1c(Cl)cccc1Cl)C(=O)CN(c1cccc(C)c1)S(=O)(=O)c1ccccc1. The molecule has 0 saturated heterocycles. The number of nitrogens with one attached hydrogen (secondary N) is 1. The molecular formula is C35H37Cl2N3O4S. The van der Waals surface area contributed by atoms with Crippen LogP contribution in [0, 0.1) is 6.92 Å². The number of sulfonamides is 1. The molecule has 0 aliphatic rings. The summed E-state index contributed by atoms with van der Waals surface area (Å²) in [5.74, 6) is -0.954. The molecule has 0 radical (unpaired) electrons. The lowest BCUT2D eigenvalue weighted by atomic mass is 10.0. The normalized spacial score (nSPS) is 12.6. The predicted octanol–water partition coefficient (Wildman–Crippen LogP) is 7.05. The molecule has 0 spiro atoms. The minimum Gasteiger partial charge on any atom is -0.352 e. The van der Waals surface area contributed by atoms with Crippen molar-refractivity contribution in [3.05, 3.63) is 130 Å². The Balaban J connectivity index is 1.84. The van der Waals surface area contributed by atoms with Crippen LogP contribution in [-0.4, -0.2) is 43.8 Å². The van der Waals surface area contributed by atoms with Gasteiger partial charge in [-0.1, -0.05) is 96.9 Å². The number of hydrogen-bond donors (Lipinski definition) is 1. The Morgan fingerprint density at radius 1 is 0.844 bits per heavy atom. The van der Waals surface area contributed by atoms with E-state index in [0.29, 0.717) is 27.7 Å². The van der Waals surface area contributed by atoms with Crippen molar-refractivity contribution >= 4 is 50.7 Å². The summed E-state index contributed by atoms with van der Waals surface area (Å²) in [5, 5.41) is 3.67. The maximum Gasteiger partial charge on any atom is 0.264 e. The second kappa shape index (κ2) is 15.4. The van der Waals surface area contributed by atoms with Gasteiger partial charge in [-0.2, -0.15) is 0 Å². The third-order valence-corrected chi connectivity index (χ3v) is 10.1. The van der Waals surface area contributed by atoms with E-state index in [2.05, 4.69) is 5.32 Å². The standard InChI is InChI=1S/C35H37Cl2N3O4S/c1-4-26(3)38-35(42)33(22-27-14-7-5-8-15-27)39(23-30-31(36)19-12-20-32(30)37)34(41)24-40(28-16-11-13-25(2)21-28)45(43,44)29-17-9-6-10-18-29/h5-21,26,33H,4,22-24H2,1-3H3,(H,38,42)/t26-,33+/m0/s1. The van der Waals surface area contributed by atoms with Crippen LogP contribution in [0.1, 0.15) is 37.0 Å². The van der Waals surface area contributed by atoms with Crippen molar-refractivity contribution < 1.29 is 18.0 Å². The zero-order valence-electron chi connectivity index (χ0n) is 25.5. The van der Waals surface area contributed by atoms with Gasteiger partial charge in [0.15, 0.2) is 0 Å². The molecule has 4 rings (SSSR count). The van der Waals surface area contributed by atoms with Crippen molar-refractivity contribution in [2.75, 3.05) is 10.8 Å². The van der Waals surface area contributed by atoms with Crippen LogP contribution in [0.25, 0.3) is 0 Å². The van der Waals surface area contributed by atoms with Crippen LogP contribution in [0.15, 0.2) is 108 Å². The summed E-state index contributed by atoms with van der Waals surface area (Å²) in [6.07, 6.45) is 0.872. The Labute approximate surface area is 275 Å². The van der Waals surface area contributed by atoms with Crippen LogP contribution >= 0.6 is 23.2 Å². The average molecular weight is 667 g/mol. The molecule has 0 fully saturated rings. The number of benzene rings is 4. The van der Waals surface area contributed by atoms with Crippen LogP contribution in [0.4, 0.5) is 5.69 Å². The average Bonchev–Trinajstić information content (AvgIpc) is 3.03. The molecule has 7 nitrogen and oxygen atoms in total. The fourth-order valence-corrected chi connectivity index (χ4v) is 6.82. The van der Waals surface area contributed by atoms with E-state index in [9.17, 15) is 18.0 Å². The molecule has 0 aromatic heterocycles. The molecule has 0 aliphatic carbocycles. The van der Waals surface area contributed by atoms with Gasteiger partial charge in [-0.3, -0.25) is 13.9 Å². The Morgan fingerprint density at radius 2 is 1.44 bits per heavy atom. The molecule has 4 aromatic carbocycles. The van der Waals surface area contributed by atoms with Gasteiger partial charge < -0.3 is 10.2 Å². The smallest absolute Gasteiger partial charge is 0.264 e. The van der Waals surface area contributed by atoms with Gasteiger partial charge in [-0.05, 0) is 67.8 Å². The number of nitrogens with zero attached hydrogens (tertiary/aromatic N) is 2. The van der Waals surface area contributed by atoms with Crippen LogP contribution in [0.2, 0.25) is 10.0 Å². The highest BCUT2D eigenvalue weighted by molar-refractivity contribution is 7.92. The number of anilines is 1. The van der Waals surface area contributed by atoms with Crippen molar-refractivity contribution in [1.82, 2.24) is 10.2 Å². The Kier molecular flexibility index (Phi) is 11.7. The topological polar surface area (TPSA) is 86.8 Å². The van der Waals surface area contributed by atoms with Crippen molar-refractivity contribution in [2.45, 2.75) is 57.1 Å². The second-order valence-corrected chi connectivity index (χ2v) is 13.6. The van der Waals surface area contributed by atoms with Crippen LogP contribution in [0.5, 0.6) is 0 Å². The first-order valence-corrected chi connectivity index (χ1v) is 16.9. The van der Waals surface area contributed by atoms with Crippen molar-refractivity contribution in [3.63, 3.8) is 0 Å². The molecular weight excluding hydrogens is 629 g/mol. The molecule has 4 aromatic rings. The van der Waals surface area contributed by atoms with E-state index >= 15 is 0 Å². The maximum absolute atomic E-state index is 14.6. The molecule has 45 heavy (non-hydrogen) atoms. The number of aryl methyl sites for hydroxylation is 1. The summed E-state index contributed by atoms with van der Waals surface area (Å²) in [5.41, 5.74) is 2.43. The molecule has 10 heteroatoms. The molecule has 1 N–H and O–H groups in total. The third kappa shape index (κ3) is 8.66. The predicted molar refractivity (Wildman–Crippen MR) is 181 cm³/mol.